The molecule has 2 aromatic rings. The van der Waals surface area contributed by atoms with Crippen molar-refractivity contribution in [2.75, 3.05) is 0 Å². The summed E-state index contributed by atoms with van der Waals surface area (Å²) in [7, 11) is 0. The van der Waals surface area contributed by atoms with Gasteiger partial charge in [0.1, 0.15) is 0 Å². The molecule has 0 aromatic heterocycles. The van der Waals surface area contributed by atoms with E-state index in [1.165, 1.54) is 113 Å². The molecule has 194 valence electrons. The molecular formula is C32H54ClP. The van der Waals surface area contributed by atoms with Crippen LogP contribution in [0.1, 0.15) is 135 Å². The summed E-state index contributed by atoms with van der Waals surface area (Å²) >= 11 is 7.63. The Morgan fingerprint density at radius 1 is 0.618 bits per heavy atom. The first-order chi connectivity index (χ1) is 16.2. The lowest BCUT2D eigenvalue weighted by atomic mass is 9.75. The van der Waals surface area contributed by atoms with Crippen molar-refractivity contribution in [2.45, 2.75) is 135 Å². The SMILES string of the molecule is CCCCCCCCCCCCCCC(CCC)C(Cl)(CCC)c1cccc2ccccc12.P. The van der Waals surface area contributed by atoms with Crippen molar-refractivity contribution in [1.82, 2.24) is 0 Å². The fraction of sp³-hybridized carbons (Fsp3) is 0.688. The van der Waals surface area contributed by atoms with Gasteiger partial charge in [0.15, 0.2) is 0 Å². The topological polar surface area (TPSA) is 0 Å². The van der Waals surface area contributed by atoms with E-state index in [4.69, 9.17) is 11.6 Å². The van der Waals surface area contributed by atoms with Crippen LogP contribution in [0, 0.1) is 5.92 Å². The van der Waals surface area contributed by atoms with Crippen molar-refractivity contribution >= 4 is 32.3 Å². The number of hydrogen-bond donors (Lipinski definition) is 0. The van der Waals surface area contributed by atoms with E-state index in [0.717, 1.165) is 12.8 Å². The lowest BCUT2D eigenvalue weighted by Crippen LogP contribution is -2.30. The van der Waals surface area contributed by atoms with Crippen molar-refractivity contribution in [3.63, 3.8) is 0 Å². The molecule has 0 saturated carbocycles. The maximum atomic E-state index is 7.63. The molecule has 0 amide bonds. The lowest BCUT2D eigenvalue weighted by Gasteiger charge is -2.37. The van der Waals surface area contributed by atoms with E-state index in [9.17, 15) is 0 Å². The molecule has 0 heterocycles. The summed E-state index contributed by atoms with van der Waals surface area (Å²) in [6.45, 7) is 6.90. The Labute approximate surface area is 220 Å². The quantitative estimate of drug-likeness (QED) is 0.101. The maximum absolute atomic E-state index is 7.63. The number of rotatable bonds is 19. The number of unbranched alkanes of at least 4 members (excludes halogenated alkanes) is 11. The molecule has 34 heavy (non-hydrogen) atoms. The monoisotopic (exact) mass is 504 g/mol. The van der Waals surface area contributed by atoms with Gasteiger partial charge in [-0.25, -0.2) is 0 Å². The summed E-state index contributed by atoms with van der Waals surface area (Å²) in [4.78, 5) is -0.247. The summed E-state index contributed by atoms with van der Waals surface area (Å²) in [6, 6.07) is 15.5. The highest BCUT2D eigenvalue weighted by Gasteiger charge is 2.37. The smallest absolute Gasteiger partial charge is 0.0728 e. The minimum absolute atomic E-state index is 0. The van der Waals surface area contributed by atoms with Gasteiger partial charge in [0.2, 0.25) is 0 Å². The summed E-state index contributed by atoms with van der Waals surface area (Å²) in [6.07, 6.45) is 22.8. The number of benzene rings is 2. The normalized spacial score (nSPS) is 14.0. The van der Waals surface area contributed by atoms with Gasteiger partial charge in [0.05, 0.1) is 4.87 Å². The Balaban J connectivity index is 0.00000578. The molecule has 0 radical (unpaired) electrons. The number of hydrogen-bond acceptors (Lipinski definition) is 0. The van der Waals surface area contributed by atoms with Crippen LogP contribution in [0.4, 0.5) is 0 Å². The Morgan fingerprint density at radius 2 is 1.18 bits per heavy atom. The molecule has 0 spiro atoms. The molecule has 0 aliphatic carbocycles. The third-order valence-corrected chi connectivity index (χ3v) is 8.24. The summed E-state index contributed by atoms with van der Waals surface area (Å²) in [5.41, 5.74) is 1.36. The van der Waals surface area contributed by atoms with Crippen LogP contribution in [-0.4, -0.2) is 0 Å². The molecule has 2 aromatic carbocycles. The first kappa shape index (κ1) is 31.4. The Morgan fingerprint density at radius 3 is 1.76 bits per heavy atom. The second kappa shape index (κ2) is 18.7. The fourth-order valence-electron chi connectivity index (χ4n) is 5.69. The zero-order valence-corrected chi connectivity index (χ0v) is 24.9. The van der Waals surface area contributed by atoms with Gasteiger partial charge in [-0.3, -0.25) is 0 Å². The average molecular weight is 505 g/mol. The van der Waals surface area contributed by atoms with Crippen molar-refractivity contribution < 1.29 is 0 Å². The summed E-state index contributed by atoms with van der Waals surface area (Å²) < 4.78 is 0. The van der Waals surface area contributed by atoms with Crippen LogP contribution < -0.4 is 0 Å². The first-order valence-corrected chi connectivity index (χ1v) is 14.7. The van der Waals surface area contributed by atoms with Crippen molar-refractivity contribution in [3.05, 3.63) is 48.0 Å². The average Bonchev–Trinajstić information content (AvgIpc) is 2.83. The fourth-order valence-corrected chi connectivity index (χ4v) is 6.26. The first-order valence-electron chi connectivity index (χ1n) is 14.3. The minimum Gasteiger partial charge on any atom is -0.153 e. The molecule has 0 bridgehead atoms. The van der Waals surface area contributed by atoms with Crippen molar-refractivity contribution in [1.29, 1.82) is 0 Å². The van der Waals surface area contributed by atoms with Gasteiger partial charge in [-0.2, -0.15) is 9.90 Å². The standard InChI is InChI=1S/C32H51Cl.H3P/c1-4-7-8-9-10-11-12-13-14-15-16-17-24-29(21-5-2)32(33,27-6-3)31-26-20-23-28-22-18-19-25-30(28)31;/h18-20,22-23,25-26,29H,4-17,21,24,27H2,1-3H3;1H3. The molecule has 0 nitrogen and oxygen atoms in total. The molecule has 0 fully saturated rings. The highest BCUT2D eigenvalue weighted by atomic mass is 35.5. The third kappa shape index (κ3) is 10.2. The largest absolute Gasteiger partial charge is 0.153 e. The molecule has 2 heteroatoms. The number of fused-ring (bicyclic) bond motifs is 1. The van der Waals surface area contributed by atoms with Gasteiger partial charge in [0, 0.05) is 0 Å². The molecule has 0 aliphatic rings. The Kier molecular flexibility index (Phi) is 17.3. The summed E-state index contributed by atoms with van der Waals surface area (Å²) in [5, 5.41) is 2.66. The van der Waals surface area contributed by atoms with Gasteiger partial charge in [-0.15, -0.1) is 11.6 Å². The second-order valence-corrected chi connectivity index (χ2v) is 11.0. The van der Waals surface area contributed by atoms with Gasteiger partial charge in [-0.05, 0) is 41.5 Å². The van der Waals surface area contributed by atoms with E-state index in [1.807, 2.05) is 0 Å². The van der Waals surface area contributed by atoms with E-state index in [0.29, 0.717) is 5.92 Å². The summed E-state index contributed by atoms with van der Waals surface area (Å²) in [5.74, 6) is 0.554. The van der Waals surface area contributed by atoms with Gasteiger partial charge < -0.3 is 0 Å². The predicted octanol–water partition coefficient (Wildman–Crippen LogP) is 11.6. The highest BCUT2D eigenvalue weighted by molar-refractivity contribution is 6.92. The van der Waals surface area contributed by atoms with Crippen molar-refractivity contribution in [3.8, 4) is 0 Å². The van der Waals surface area contributed by atoms with Gasteiger partial charge in [-0.1, -0.05) is 153 Å². The molecule has 0 N–H and O–H groups in total. The third-order valence-electron chi connectivity index (χ3n) is 7.54. The van der Waals surface area contributed by atoms with Crippen LogP contribution in [-0.2, 0) is 4.87 Å². The van der Waals surface area contributed by atoms with E-state index < -0.39 is 0 Å². The molecular weight excluding hydrogens is 451 g/mol. The molecule has 0 saturated heterocycles. The molecule has 3 atom stereocenters. The number of halogens is 1. The van der Waals surface area contributed by atoms with E-state index in [2.05, 4.69) is 63.2 Å². The van der Waals surface area contributed by atoms with Crippen LogP contribution in [0.2, 0.25) is 0 Å². The maximum Gasteiger partial charge on any atom is 0.0728 e. The molecule has 3 unspecified atom stereocenters. The van der Waals surface area contributed by atoms with E-state index in [-0.39, 0.29) is 14.8 Å². The molecule has 0 aliphatic heterocycles. The van der Waals surface area contributed by atoms with Crippen LogP contribution >= 0.6 is 21.5 Å². The van der Waals surface area contributed by atoms with Gasteiger partial charge in [0.25, 0.3) is 0 Å². The zero-order chi connectivity index (χ0) is 23.8. The van der Waals surface area contributed by atoms with Crippen LogP contribution in [0.3, 0.4) is 0 Å². The van der Waals surface area contributed by atoms with Crippen LogP contribution in [0.15, 0.2) is 42.5 Å². The highest BCUT2D eigenvalue weighted by Crippen LogP contribution is 2.47. The Bertz CT molecular complexity index is 752. The van der Waals surface area contributed by atoms with Crippen molar-refractivity contribution in [2.24, 2.45) is 5.92 Å². The van der Waals surface area contributed by atoms with E-state index in [1.54, 1.807) is 0 Å². The molecule has 2 rings (SSSR count). The number of alkyl halides is 1. The lowest BCUT2D eigenvalue weighted by molar-refractivity contribution is 0.299. The van der Waals surface area contributed by atoms with Crippen LogP contribution in [0.5, 0.6) is 0 Å². The van der Waals surface area contributed by atoms with E-state index >= 15 is 0 Å². The minimum atomic E-state index is -0.247. The van der Waals surface area contributed by atoms with Gasteiger partial charge >= 0.3 is 0 Å². The predicted molar refractivity (Wildman–Crippen MR) is 162 cm³/mol. The second-order valence-electron chi connectivity index (χ2n) is 10.3. The van der Waals surface area contributed by atoms with Crippen LogP contribution in [0.25, 0.3) is 10.8 Å². The Hall–Kier alpha value is -0.580. The zero-order valence-electron chi connectivity index (χ0n) is 22.7.